The lowest BCUT2D eigenvalue weighted by molar-refractivity contribution is -0.150. The lowest BCUT2D eigenvalue weighted by Crippen LogP contribution is -2.30. The minimum absolute atomic E-state index is 0.375. The van der Waals surface area contributed by atoms with Crippen molar-refractivity contribution >= 4 is 5.97 Å². The summed E-state index contributed by atoms with van der Waals surface area (Å²) in [4.78, 5) is 11.6. The summed E-state index contributed by atoms with van der Waals surface area (Å²) in [6, 6.07) is 0. The summed E-state index contributed by atoms with van der Waals surface area (Å²) in [5, 5.41) is 9.59. The fourth-order valence-electron chi connectivity index (χ4n) is 3.40. The molecule has 112 valence electrons. The van der Waals surface area contributed by atoms with Crippen LogP contribution < -0.4 is 0 Å². The fraction of sp³-hybridized carbons (Fsp3) is 0.941. The minimum Gasteiger partial charge on any atom is -0.481 e. The molecule has 0 aromatic carbocycles. The maximum Gasteiger partial charge on any atom is 0.309 e. The van der Waals surface area contributed by atoms with Crippen molar-refractivity contribution in [1.82, 2.24) is 0 Å². The molecule has 1 aliphatic carbocycles. The summed E-state index contributed by atoms with van der Waals surface area (Å²) in [5.41, 5.74) is -0.375. The third-order valence-corrected chi connectivity index (χ3v) is 4.77. The maximum atomic E-state index is 11.6. The molecule has 1 rings (SSSR count). The molecule has 1 fully saturated rings. The molecule has 0 heterocycles. The van der Waals surface area contributed by atoms with Crippen molar-refractivity contribution in [2.75, 3.05) is 0 Å². The van der Waals surface area contributed by atoms with Crippen LogP contribution in [-0.2, 0) is 4.79 Å². The first-order valence-electron chi connectivity index (χ1n) is 8.45. The number of aliphatic carboxylic acids is 1. The van der Waals surface area contributed by atoms with Crippen LogP contribution >= 0.6 is 0 Å². The highest BCUT2D eigenvalue weighted by Crippen LogP contribution is 2.39. The van der Waals surface area contributed by atoms with E-state index >= 15 is 0 Å². The van der Waals surface area contributed by atoms with Crippen molar-refractivity contribution in [2.45, 2.75) is 96.8 Å². The Hall–Kier alpha value is -0.530. The third-order valence-electron chi connectivity index (χ3n) is 4.77. The van der Waals surface area contributed by atoms with Crippen molar-refractivity contribution in [1.29, 1.82) is 0 Å². The molecule has 0 spiro atoms. The largest absolute Gasteiger partial charge is 0.481 e. The molecule has 0 aromatic rings. The lowest BCUT2D eigenvalue weighted by atomic mass is 9.76. The van der Waals surface area contributed by atoms with Gasteiger partial charge in [-0.05, 0) is 19.3 Å². The van der Waals surface area contributed by atoms with E-state index in [1.54, 1.807) is 0 Å². The zero-order valence-corrected chi connectivity index (χ0v) is 12.8. The van der Waals surface area contributed by atoms with Crippen LogP contribution in [0.2, 0.25) is 0 Å². The highest BCUT2D eigenvalue weighted by Gasteiger charge is 2.37. The van der Waals surface area contributed by atoms with Crippen LogP contribution in [0.25, 0.3) is 0 Å². The van der Waals surface area contributed by atoms with Gasteiger partial charge >= 0.3 is 5.97 Å². The van der Waals surface area contributed by atoms with E-state index < -0.39 is 5.97 Å². The standard InChI is InChI=1S/C17H32O2/c1-2-3-4-5-6-7-10-13-17(16(18)19)14-11-8-9-12-15-17/h2-15H2,1H3,(H,18,19). The smallest absolute Gasteiger partial charge is 0.309 e. The van der Waals surface area contributed by atoms with E-state index in [0.717, 1.165) is 38.5 Å². The van der Waals surface area contributed by atoms with Gasteiger partial charge in [0.1, 0.15) is 0 Å². The zero-order valence-electron chi connectivity index (χ0n) is 12.8. The van der Waals surface area contributed by atoms with Gasteiger partial charge in [-0.15, -0.1) is 0 Å². The molecule has 0 aliphatic heterocycles. The van der Waals surface area contributed by atoms with Gasteiger partial charge in [-0.25, -0.2) is 0 Å². The fourth-order valence-corrected chi connectivity index (χ4v) is 3.40. The van der Waals surface area contributed by atoms with Gasteiger partial charge in [0.15, 0.2) is 0 Å². The molecule has 1 saturated carbocycles. The van der Waals surface area contributed by atoms with Crippen molar-refractivity contribution < 1.29 is 9.90 Å². The molecule has 0 amide bonds. The molecule has 2 nitrogen and oxygen atoms in total. The van der Waals surface area contributed by atoms with Crippen LogP contribution in [0.4, 0.5) is 0 Å². The summed E-state index contributed by atoms with van der Waals surface area (Å²) < 4.78 is 0. The van der Waals surface area contributed by atoms with Crippen LogP contribution in [-0.4, -0.2) is 11.1 Å². The Labute approximate surface area is 119 Å². The highest BCUT2D eigenvalue weighted by atomic mass is 16.4. The Bertz CT molecular complexity index is 240. The van der Waals surface area contributed by atoms with Crippen LogP contribution in [0.15, 0.2) is 0 Å². The normalized spacial score (nSPS) is 19.0. The number of hydrogen-bond donors (Lipinski definition) is 1. The van der Waals surface area contributed by atoms with E-state index in [0.29, 0.717) is 0 Å². The predicted molar refractivity (Wildman–Crippen MR) is 80.4 cm³/mol. The summed E-state index contributed by atoms with van der Waals surface area (Å²) in [6.45, 7) is 2.24. The first-order valence-corrected chi connectivity index (χ1v) is 8.45. The Morgan fingerprint density at radius 1 is 0.895 bits per heavy atom. The van der Waals surface area contributed by atoms with Gasteiger partial charge in [0, 0.05) is 0 Å². The summed E-state index contributed by atoms with van der Waals surface area (Å²) >= 11 is 0. The Morgan fingerprint density at radius 2 is 1.42 bits per heavy atom. The summed E-state index contributed by atoms with van der Waals surface area (Å²) in [5.74, 6) is -0.527. The monoisotopic (exact) mass is 268 g/mol. The first-order chi connectivity index (χ1) is 9.21. The van der Waals surface area contributed by atoms with E-state index in [-0.39, 0.29) is 5.41 Å². The quantitative estimate of drug-likeness (QED) is 0.439. The second-order valence-electron chi connectivity index (χ2n) is 6.37. The molecule has 1 N–H and O–H groups in total. The highest BCUT2D eigenvalue weighted by molar-refractivity contribution is 5.74. The molecule has 0 unspecified atom stereocenters. The van der Waals surface area contributed by atoms with E-state index in [4.69, 9.17) is 0 Å². The van der Waals surface area contributed by atoms with E-state index in [1.165, 1.54) is 51.4 Å². The Kier molecular flexibility index (Phi) is 8.16. The Balaban J connectivity index is 2.24. The van der Waals surface area contributed by atoms with Gasteiger partial charge in [0.25, 0.3) is 0 Å². The average Bonchev–Trinajstić information content (AvgIpc) is 2.64. The number of carboxylic acids is 1. The van der Waals surface area contributed by atoms with Gasteiger partial charge < -0.3 is 5.11 Å². The second kappa shape index (κ2) is 9.39. The third kappa shape index (κ3) is 5.97. The second-order valence-corrected chi connectivity index (χ2v) is 6.37. The minimum atomic E-state index is -0.527. The molecule has 19 heavy (non-hydrogen) atoms. The van der Waals surface area contributed by atoms with Crippen molar-refractivity contribution in [3.05, 3.63) is 0 Å². The molecular formula is C17H32O2. The van der Waals surface area contributed by atoms with Crippen LogP contribution in [0.3, 0.4) is 0 Å². The molecule has 0 atom stereocenters. The topological polar surface area (TPSA) is 37.3 Å². The SMILES string of the molecule is CCCCCCCCCC1(C(=O)O)CCCCCC1. The molecule has 0 bridgehead atoms. The summed E-state index contributed by atoms with van der Waals surface area (Å²) in [7, 11) is 0. The van der Waals surface area contributed by atoms with E-state index in [9.17, 15) is 9.90 Å². The number of rotatable bonds is 9. The van der Waals surface area contributed by atoms with Gasteiger partial charge in [-0.1, -0.05) is 77.6 Å². The van der Waals surface area contributed by atoms with Crippen LogP contribution in [0.1, 0.15) is 96.8 Å². The van der Waals surface area contributed by atoms with Crippen LogP contribution in [0.5, 0.6) is 0 Å². The number of unbranched alkanes of at least 4 members (excludes halogenated alkanes) is 6. The van der Waals surface area contributed by atoms with Gasteiger partial charge in [0.2, 0.25) is 0 Å². The molecular weight excluding hydrogens is 236 g/mol. The molecule has 0 radical (unpaired) electrons. The summed E-state index contributed by atoms with van der Waals surface area (Å²) in [6.07, 6.45) is 16.4. The first kappa shape index (κ1) is 16.5. The average molecular weight is 268 g/mol. The van der Waals surface area contributed by atoms with Gasteiger partial charge in [0.05, 0.1) is 5.41 Å². The number of hydrogen-bond acceptors (Lipinski definition) is 1. The van der Waals surface area contributed by atoms with E-state index in [1.807, 2.05) is 0 Å². The number of carboxylic acid groups (broad SMARTS) is 1. The van der Waals surface area contributed by atoms with Crippen LogP contribution in [0, 0.1) is 5.41 Å². The lowest BCUT2D eigenvalue weighted by Gasteiger charge is -2.28. The van der Waals surface area contributed by atoms with Crippen molar-refractivity contribution in [3.8, 4) is 0 Å². The molecule has 1 aliphatic rings. The van der Waals surface area contributed by atoms with Crippen molar-refractivity contribution in [2.24, 2.45) is 5.41 Å². The predicted octanol–water partition coefficient (Wildman–Crippen LogP) is 5.55. The number of carbonyl (C=O) groups is 1. The van der Waals surface area contributed by atoms with Gasteiger partial charge in [-0.2, -0.15) is 0 Å². The van der Waals surface area contributed by atoms with Gasteiger partial charge in [-0.3, -0.25) is 4.79 Å². The zero-order chi connectivity index (χ0) is 14.0. The Morgan fingerprint density at radius 3 is 1.95 bits per heavy atom. The van der Waals surface area contributed by atoms with E-state index in [2.05, 4.69) is 6.92 Å². The maximum absolute atomic E-state index is 11.6. The van der Waals surface area contributed by atoms with Crippen molar-refractivity contribution in [3.63, 3.8) is 0 Å². The molecule has 2 heteroatoms. The molecule has 0 aromatic heterocycles. The molecule has 0 saturated heterocycles.